The lowest BCUT2D eigenvalue weighted by molar-refractivity contribution is 0.988. The zero-order chi connectivity index (χ0) is 12.8. The van der Waals surface area contributed by atoms with Crippen LogP contribution < -0.4 is 11.3 Å². The minimum atomic E-state index is 0.574. The Hall–Kier alpha value is -1.84. The van der Waals surface area contributed by atoms with Gasteiger partial charge in [-0.1, -0.05) is 48.0 Å². The first-order chi connectivity index (χ1) is 8.79. The van der Waals surface area contributed by atoms with Crippen molar-refractivity contribution in [3.8, 4) is 0 Å². The van der Waals surface area contributed by atoms with Gasteiger partial charge in [0.2, 0.25) is 0 Å². The van der Waals surface area contributed by atoms with E-state index in [1.807, 2.05) is 54.6 Å². The van der Waals surface area contributed by atoms with E-state index in [-0.39, 0.29) is 0 Å². The Labute approximate surface area is 111 Å². The molecule has 0 bridgehead atoms. The van der Waals surface area contributed by atoms with E-state index in [0.29, 0.717) is 17.3 Å². The second-order valence-electron chi connectivity index (χ2n) is 3.81. The maximum atomic E-state index is 6.10. The fourth-order valence-corrected chi connectivity index (χ4v) is 1.81. The molecule has 0 amide bonds. The molecule has 0 aliphatic carbocycles. The summed E-state index contributed by atoms with van der Waals surface area (Å²) in [6.45, 7) is 0. The van der Waals surface area contributed by atoms with Crippen molar-refractivity contribution in [2.24, 2.45) is 10.8 Å². The molecule has 0 saturated heterocycles. The number of amidine groups is 1. The number of nitrogens with zero attached hydrogens (tertiary/aromatic N) is 1. The average Bonchev–Trinajstić information content (AvgIpc) is 2.41. The van der Waals surface area contributed by atoms with Crippen molar-refractivity contribution in [2.45, 2.75) is 6.42 Å². The molecule has 0 unspecified atom stereocenters. The van der Waals surface area contributed by atoms with E-state index in [1.165, 1.54) is 0 Å². The molecule has 0 saturated carbocycles. The summed E-state index contributed by atoms with van der Waals surface area (Å²) in [5.41, 5.74) is 4.47. The van der Waals surface area contributed by atoms with Crippen LogP contribution in [0, 0.1) is 0 Å². The first-order valence-corrected chi connectivity index (χ1v) is 6.00. The molecule has 2 aromatic carbocycles. The summed E-state index contributed by atoms with van der Waals surface area (Å²) < 4.78 is 0. The third-order valence-corrected chi connectivity index (χ3v) is 2.87. The highest BCUT2D eigenvalue weighted by Gasteiger charge is 2.03. The zero-order valence-electron chi connectivity index (χ0n) is 9.81. The maximum Gasteiger partial charge on any atom is 0.121 e. The van der Waals surface area contributed by atoms with Crippen molar-refractivity contribution >= 4 is 23.1 Å². The highest BCUT2D eigenvalue weighted by atomic mass is 35.5. The predicted octanol–water partition coefficient (Wildman–Crippen LogP) is 3.08. The number of hydrazine groups is 1. The number of aliphatic imine (C=N–C) groups is 1. The molecule has 0 heterocycles. The topological polar surface area (TPSA) is 50.4 Å². The molecule has 0 atom stereocenters. The molecule has 3 N–H and O–H groups in total. The Morgan fingerprint density at radius 1 is 1.06 bits per heavy atom. The van der Waals surface area contributed by atoms with Gasteiger partial charge in [0, 0.05) is 11.4 Å². The van der Waals surface area contributed by atoms with Crippen LogP contribution in [-0.4, -0.2) is 5.84 Å². The second-order valence-corrected chi connectivity index (χ2v) is 4.21. The standard InChI is InChI=1S/C14H14ClN3/c15-13-9-5-4-6-11(13)10-14(18-16)17-12-7-2-1-3-8-12/h1-9H,10,16H2,(H,17,18). The number of rotatable bonds is 3. The van der Waals surface area contributed by atoms with Crippen molar-refractivity contribution in [1.82, 2.24) is 5.43 Å². The van der Waals surface area contributed by atoms with Gasteiger partial charge in [-0.05, 0) is 23.8 Å². The second kappa shape index (κ2) is 6.19. The Morgan fingerprint density at radius 3 is 2.39 bits per heavy atom. The fourth-order valence-electron chi connectivity index (χ4n) is 1.60. The Morgan fingerprint density at radius 2 is 1.72 bits per heavy atom. The summed E-state index contributed by atoms with van der Waals surface area (Å²) >= 11 is 6.10. The van der Waals surface area contributed by atoms with E-state index in [4.69, 9.17) is 17.4 Å². The Balaban J connectivity index is 2.20. The molecule has 2 aromatic rings. The SMILES string of the molecule is NNC(Cc1ccccc1Cl)=Nc1ccccc1. The highest BCUT2D eigenvalue weighted by molar-refractivity contribution is 6.31. The summed E-state index contributed by atoms with van der Waals surface area (Å²) in [5, 5.41) is 0.716. The zero-order valence-corrected chi connectivity index (χ0v) is 10.6. The third kappa shape index (κ3) is 3.32. The van der Waals surface area contributed by atoms with Gasteiger partial charge < -0.3 is 5.43 Å². The summed E-state index contributed by atoms with van der Waals surface area (Å²) in [6, 6.07) is 17.3. The number of nitrogens with one attached hydrogen (secondary N) is 1. The average molecular weight is 260 g/mol. The Bertz CT molecular complexity index is 538. The molecule has 18 heavy (non-hydrogen) atoms. The van der Waals surface area contributed by atoms with E-state index in [2.05, 4.69) is 10.4 Å². The smallest absolute Gasteiger partial charge is 0.121 e. The van der Waals surface area contributed by atoms with Crippen LogP contribution in [0.4, 0.5) is 5.69 Å². The van der Waals surface area contributed by atoms with Crippen molar-refractivity contribution in [3.05, 3.63) is 65.2 Å². The highest BCUT2D eigenvalue weighted by Crippen LogP contribution is 2.17. The summed E-state index contributed by atoms with van der Waals surface area (Å²) in [7, 11) is 0. The molecule has 2 rings (SSSR count). The molecule has 0 aliphatic rings. The van der Waals surface area contributed by atoms with Crippen LogP contribution in [0.3, 0.4) is 0 Å². The fraction of sp³-hybridized carbons (Fsp3) is 0.0714. The normalized spacial score (nSPS) is 11.3. The lowest BCUT2D eigenvalue weighted by Gasteiger charge is -2.07. The summed E-state index contributed by atoms with van der Waals surface area (Å²) in [5.74, 6) is 6.17. The molecule has 4 heteroatoms. The molecule has 0 fully saturated rings. The molecule has 0 aliphatic heterocycles. The van der Waals surface area contributed by atoms with E-state index in [0.717, 1.165) is 11.3 Å². The molecule has 0 spiro atoms. The number of halogens is 1. The maximum absolute atomic E-state index is 6.10. The van der Waals surface area contributed by atoms with Crippen LogP contribution in [0.5, 0.6) is 0 Å². The number of hydrogen-bond donors (Lipinski definition) is 2. The molecule has 92 valence electrons. The van der Waals surface area contributed by atoms with Crippen molar-refractivity contribution in [2.75, 3.05) is 0 Å². The van der Waals surface area contributed by atoms with Gasteiger partial charge in [0.15, 0.2) is 0 Å². The van der Waals surface area contributed by atoms with Gasteiger partial charge in [-0.15, -0.1) is 0 Å². The minimum absolute atomic E-state index is 0.574. The largest absolute Gasteiger partial charge is 0.312 e. The number of para-hydroxylation sites is 1. The molecular weight excluding hydrogens is 246 g/mol. The van der Waals surface area contributed by atoms with Crippen molar-refractivity contribution in [1.29, 1.82) is 0 Å². The van der Waals surface area contributed by atoms with Crippen LogP contribution in [0.2, 0.25) is 5.02 Å². The van der Waals surface area contributed by atoms with Gasteiger partial charge in [-0.2, -0.15) is 0 Å². The molecule has 3 nitrogen and oxygen atoms in total. The van der Waals surface area contributed by atoms with E-state index in [1.54, 1.807) is 0 Å². The lowest BCUT2D eigenvalue weighted by atomic mass is 10.1. The third-order valence-electron chi connectivity index (χ3n) is 2.50. The first-order valence-electron chi connectivity index (χ1n) is 5.62. The Kier molecular flexibility index (Phi) is 4.34. The number of nitrogens with two attached hydrogens (primary N) is 1. The van der Waals surface area contributed by atoms with Crippen molar-refractivity contribution < 1.29 is 0 Å². The van der Waals surface area contributed by atoms with E-state index >= 15 is 0 Å². The van der Waals surface area contributed by atoms with Crippen LogP contribution >= 0.6 is 11.6 Å². The summed E-state index contributed by atoms with van der Waals surface area (Å²) in [6.07, 6.45) is 0.574. The van der Waals surface area contributed by atoms with Gasteiger partial charge in [0.1, 0.15) is 5.84 Å². The van der Waals surface area contributed by atoms with Gasteiger partial charge in [0.05, 0.1) is 5.69 Å². The van der Waals surface area contributed by atoms with Gasteiger partial charge in [-0.3, -0.25) is 0 Å². The van der Waals surface area contributed by atoms with Gasteiger partial charge in [0.25, 0.3) is 0 Å². The van der Waals surface area contributed by atoms with Crippen LogP contribution in [0.15, 0.2) is 59.6 Å². The molecule has 0 radical (unpaired) electrons. The predicted molar refractivity (Wildman–Crippen MR) is 76.0 cm³/mol. The summed E-state index contributed by atoms with van der Waals surface area (Å²) in [4.78, 5) is 4.44. The quantitative estimate of drug-likeness (QED) is 0.385. The monoisotopic (exact) mass is 259 g/mol. The van der Waals surface area contributed by atoms with Crippen LogP contribution in [0.1, 0.15) is 5.56 Å². The van der Waals surface area contributed by atoms with Crippen molar-refractivity contribution in [3.63, 3.8) is 0 Å². The van der Waals surface area contributed by atoms with Crippen LogP contribution in [0.25, 0.3) is 0 Å². The number of benzene rings is 2. The first kappa shape index (κ1) is 12.6. The van der Waals surface area contributed by atoms with E-state index < -0.39 is 0 Å². The van der Waals surface area contributed by atoms with Gasteiger partial charge >= 0.3 is 0 Å². The number of hydrogen-bond acceptors (Lipinski definition) is 2. The van der Waals surface area contributed by atoms with Gasteiger partial charge in [-0.25, -0.2) is 10.8 Å². The lowest BCUT2D eigenvalue weighted by Crippen LogP contribution is -2.31. The minimum Gasteiger partial charge on any atom is -0.312 e. The molecular formula is C14H14ClN3. The van der Waals surface area contributed by atoms with E-state index in [9.17, 15) is 0 Å². The van der Waals surface area contributed by atoms with Crippen LogP contribution in [-0.2, 0) is 6.42 Å². The molecule has 0 aromatic heterocycles.